The Balaban J connectivity index is 4.10. The molecule has 8 nitrogen and oxygen atoms in total. The van der Waals surface area contributed by atoms with Crippen LogP contribution < -0.4 is 5.11 Å². The van der Waals surface area contributed by atoms with Crippen LogP contribution in [0.5, 0.6) is 0 Å². The number of carbonyl (C=O) groups is 3. The summed E-state index contributed by atoms with van der Waals surface area (Å²) in [5, 5.41) is 11.7. The highest BCUT2D eigenvalue weighted by Crippen LogP contribution is 2.18. The fourth-order valence-corrected chi connectivity index (χ4v) is 9.25. The minimum Gasteiger partial charge on any atom is -0.544 e. The van der Waals surface area contributed by atoms with Crippen LogP contribution >= 0.6 is 0 Å². The molecule has 0 N–H and O–H groups in total. The summed E-state index contributed by atoms with van der Waals surface area (Å²) < 4.78 is 17.3. The van der Waals surface area contributed by atoms with E-state index in [2.05, 4.69) is 13.8 Å². The minimum absolute atomic E-state index is 0.0502. The SMILES string of the molecule is CCCCCCCCCCCCCCCCCCCCCCCCCC(=O)OC(COCCC(C(=O)[O-])[N+](C)(C)C)COC(=O)CCCCCCCCCCCCCCCCCCCCC. The van der Waals surface area contributed by atoms with Gasteiger partial charge in [-0.2, -0.15) is 0 Å². The Labute approximate surface area is 410 Å². The second-order valence-corrected chi connectivity index (χ2v) is 21.3. The first-order valence-corrected chi connectivity index (χ1v) is 29.1. The number of ether oxygens (including phenoxy) is 3. The lowest BCUT2D eigenvalue weighted by Gasteiger charge is -2.34. The van der Waals surface area contributed by atoms with E-state index in [1.807, 2.05) is 21.1 Å². The molecular weight excluding hydrogens is 823 g/mol. The summed E-state index contributed by atoms with van der Waals surface area (Å²) in [5.41, 5.74) is 0. The number of unbranched alkanes of at least 4 members (excludes halogenated alkanes) is 40. The van der Waals surface area contributed by atoms with Crippen LogP contribution in [0.15, 0.2) is 0 Å². The van der Waals surface area contributed by atoms with E-state index in [4.69, 9.17) is 14.2 Å². The van der Waals surface area contributed by atoms with Gasteiger partial charge >= 0.3 is 11.9 Å². The number of quaternary nitrogens is 1. The van der Waals surface area contributed by atoms with Crippen molar-refractivity contribution in [2.45, 2.75) is 315 Å². The molecule has 0 bridgehead atoms. The lowest BCUT2D eigenvalue weighted by Crippen LogP contribution is -2.55. The highest BCUT2D eigenvalue weighted by Gasteiger charge is 2.25. The first-order valence-electron chi connectivity index (χ1n) is 29.1. The monoisotopic (exact) mass is 936 g/mol. The van der Waals surface area contributed by atoms with Gasteiger partial charge in [0.15, 0.2) is 6.10 Å². The second-order valence-electron chi connectivity index (χ2n) is 21.3. The first kappa shape index (κ1) is 64.3. The maximum Gasteiger partial charge on any atom is 0.306 e. The first-order chi connectivity index (χ1) is 32.1. The van der Waals surface area contributed by atoms with E-state index >= 15 is 0 Å². The summed E-state index contributed by atoms with van der Waals surface area (Å²) in [6, 6.07) is -0.721. The molecule has 0 aromatic rings. The molecule has 0 radical (unpaired) electrons. The molecule has 0 aromatic heterocycles. The molecule has 0 heterocycles. The van der Waals surface area contributed by atoms with Gasteiger partial charge in [0.1, 0.15) is 12.6 Å². The van der Waals surface area contributed by atoms with Gasteiger partial charge in [-0.1, -0.05) is 271 Å². The molecule has 0 rings (SSSR count). The second kappa shape index (κ2) is 49.7. The molecule has 0 amide bonds. The number of rotatable bonds is 54. The Morgan fingerprint density at radius 1 is 0.394 bits per heavy atom. The summed E-state index contributed by atoms with van der Waals surface area (Å²) in [6.45, 7) is 4.74. The lowest BCUT2D eigenvalue weighted by atomic mass is 10.0. The average Bonchev–Trinajstić information content (AvgIpc) is 3.28. The molecule has 0 aromatic carbocycles. The van der Waals surface area contributed by atoms with Crippen LogP contribution in [0.1, 0.15) is 303 Å². The summed E-state index contributed by atoms with van der Waals surface area (Å²) >= 11 is 0. The maximum atomic E-state index is 12.8. The van der Waals surface area contributed by atoms with Crippen LogP contribution in [0.3, 0.4) is 0 Å². The van der Waals surface area contributed by atoms with Gasteiger partial charge in [-0.3, -0.25) is 9.59 Å². The molecule has 0 spiro atoms. The molecule has 0 saturated heterocycles. The van der Waals surface area contributed by atoms with E-state index in [0.717, 1.165) is 38.5 Å². The van der Waals surface area contributed by atoms with Gasteiger partial charge in [0.05, 0.1) is 40.3 Å². The van der Waals surface area contributed by atoms with E-state index in [1.165, 1.54) is 231 Å². The van der Waals surface area contributed by atoms with Crippen molar-refractivity contribution in [1.29, 1.82) is 0 Å². The average molecular weight is 937 g/mol. The number of carboxylic acid groups (broad SMARTS) is 1. The highest BCUT2D eigenvalue weighted by molar-refractivity contribution is 5.70. The summed E-state index contributed by atoms with van der Waals surface area (Å²) in [7, 11) is 5.44. The Morgan fingerprint density at radius 3 is 0.939 bits per heavy atom. The fraction of sp³-hybridized carbons (Fsp3) is 0.948. The van der Waals surface area contributed by atoms with E-state index in [9.17, 15) is 19.5 Å². The van der Waals surface area contributed by atoms with E-state index < -0.39 is 18.1 Å². The minimum atomic E-state index is -1.12. The molecule has 0 saturated carbocycles. The summed E-state index contributed by atoms with van der Waals surface area (Å²) in [5.74, 6) is -1.70. The van der Waals surface area contributed by atoms with Gasteiger partial charge in [0.25, 0.3) is 0 Å². The van der Waals surface area contributed by atoms with Crippen LogP contribution in [-0.4, -0.2) is 75.5 Å². The zero-order valence-electron chi connectivity index (χ0n) is 44.9. The number of likely N-dealkylation sites (N-methyl/N-ethyl adjacent to an activating group) is 1. The highest BCUT2D eigenvalue weighted by atomic mass is 16.6. The molecule has 8 heteroatoms. The van der Waals surface area contributed by atoms with Crippen LogP contribution in [0.25, 0.3) is 0 Å². The molecule has 66 heavy (non-hydrogen) atoms. The Morgan fingerprint density at radius 2 is 0.667 bits per heavy atom. The van der Waals surface area contributed by atoms with Crippen molar-refractivity contribution in [3.8, 4) is 0 Å². The van der Waals surface area contributed by atoms with Gasteiger partial charge in [-0.25, -0.2) is 0 Å². The van der Waals surface area contributed by atoms with Crippen LogP contribution in [0.2, 0.25) is 0 Å². The van der Waals surface area contributed by atoms with E-state index in [0.29, 0.717) is 12.8 Å². The smallest absolute Gasteiger partial charge is 0.306 e. The fourth-order valence-electron chi connectivity index (χ4n) is 9.25. The van der Waals surface area contributed by atoms with Gasteiger partial charge in [-0.05, 0) is 12.8 Å². The van der Waals surface area contributed by atoms with E-state index in [1.54, 1.807) is 0 Å². The quantitative estimate of drug-likeness (QED) is 0.0340. The summed E-state index contributed by atoms with van der Waals surface area (Å²) in [6.07, 6.45) is 55.7. The third-order valence-electron chi connectivity index (χ3n) is 13.7. The molecule has 0 aliphatic rings. The van der Waals surface area contributed by atoms with Gasteiger partial charge in [-0.15, -0.1) is 0 Å². The Kier molecular flexibility index (Phi) is 48.5. The van der Waals surface area contributed by atoms with Crippen molar-refractivity contribution in [2.24, 2.45) is 0 Å². The van der Waals surface area contributed by atoms with Gasteiger partial charge in [0.2, 0.25) is 0 Å². The number of esters is 2. The Hall–Kier alpha value is -1.67. The van der Waals surface area contributed by atoms with Crippen molar-refractivity contribution in [3.63, 3.8) is 0 Å². The number of carboxylic acids is 1. The standard InChI is InChI=1S/C58H113NO7/c1-6-8-10-12-14-16-18-20-22-24-26-27-28-29-31-33-35-37-39-41-43-45-47-49-57(61)66-54(52-64-51-50-55(58(62)63)59(3,4)5)53-65-56(60)48-46-44-42-40-38-36-34-32-30-25-23-21-19-17-15-13-11-9-7-2/h54-55H,6-53H2,1-5H3. The number of hydrogen-bond donors (Lipinski definition) is 0. The number of nitrogens with zero attached hydrogens (tertiary/aromatic N) is 1. The zero-order chi connectivity index (χ0) is 48.4. The van der Waals surface area contributed by atoms with Gasteiger partial charge in [0, 0.05) is 19.3 Å². The molecule has 0 fully saturated rings. The largest absolute Gasteiger partial charge is 0.544 e. The summed E-state index contributed by atoms with van der Waals surface area (Å²) in [4.78, 5) is 37.1. The number of aliphatic carboxylic acids is 1. The lowest BCUT2D eigenvalue weighted by molar-refractivity contribution is -0.889. The molecular formula is C58H113NO7. The van der Waals surface area contributed by atoms with Crippen LogP contribution in [0.4, 0.5) is 0 Å². The normalized spacial score (nSPS) is 12.7. The molecule has 2 unspecified atom stereocenters. The maximum absolute atomic E-state index is 12.8. The van der Waals surface area contributed by atoms with Crippen molar-refractivity contribution in [3.05, 3.63) is 0 Å². The number of hydrogen-bond acceptors (Lipinski definition) is 7. The van der Waals surface area contributed by atoms with Crippen LogP contribution in [-0.2, 0) is 28.6 Å². The topological polar surface area (TPSA) is 102 Å². The number of carbonyl (C=O) groups excluding carboxylic acids is 3. The van der Waals surface area contributed by atoms with Gasteiger partial charge < -0.3 is 28.6 Å². The van der Waals surface area contributed by atoms with Crippen molar-refractivity contribution in [2.75, 3.05) is 41.0 Å². The van der Waals surface area contributed by atoms with Crippen molar-refractivity contribution in [1.82, 2.24) is 0 Å². The van der Waals surface area contributed by atoms with Crippen molar-refractivity contribution < 1.29 is 38.2 Å². The van der Waals surface area contributed by atoms with Crippen LogP contribution in [0, 0.1) is 0 Å². The molecule has 392 valence electrons. The zero-order valence-corrected chi connectivity index (χ0v) is 44.9. The third-order valence-corrected chi connectivity index (χ3v) is 13.7. The predicted octanol–water partition coefficient (Wildman–Crippen LogP) is 15.9. The molecule has 0 aliphatic carbocycles. The van der Waals surface area contributed by atoms with Crippen molar-refractivity contribution >= 4 is 17.9 Å². The Bertz CT molecular complexity index is 1050. The van der Waals surface area contributed by atoms with E-state index in [-0.39, 0.29) is 42.7 Å². The molecule has 0 aliphatic heterocycles. The predicted molar refractivity (Wildman–Crippen MR) is 278 cm³/mol. The third kappa shape index (κ3) is 47.4. The molecule has 2 atom stereocenters.